The maximum atomic E-state index is 11.6. The highest BCUT2D eigenvalue weighted by Gasteiger charge is 2.05. The number of hydrogen-bond acceptors (Lipinski definition) is 4. The monoisotopic (exact) mass is 520 g/mol. The minimum atomic E-state index is 0. The van der Waals surface area contributed by atoms with E-state index in [0.29, 0.717) is 26.1 Å². The van der Waals surface area contributed by atoms with Gasteiger partial charge < -0.3 is 25.4 Å². The van der Waals surface area contributed by atoms with Gasteiger partial charge in [-0.15, -0.1) is 24.0 Å². The van der Waals surface area contributed by atoms with Gasteiger partial charge in [0, 0.05) is 32.6 Å². The van der Waals surface area contributed by atoms with Gasteiger partial charge in [0.15, 0.2) is 17.5 Å². The topological polar surface area (TPSA) is 84.0 Å². The van der Waals surface area contributed by atoms with E-state index in [-0.39, 0.29) is 29.9 Å². The fourth-order valence-corrected chi connectivity index (χ4v) is 2.61. The first-order valence-corrected chi connectivity index (χ1v) is 10.2. The number of ether oxygens (including phenoxy) is 2. The molecule has 0 unspecified atom stereocenters. The molecule has 1 amide bonds. The standard InChI is InChI=1S/C21H36N4O3.HI/c1-5-13-23-20(26)12-15-25-21(22-6-2)24-14-8-9-17-10-11-18(27-4)19(16-17)28-7-3;/h10-11,16H,5-9,12-15H2,1-4H3,(H,23,26)(H2,22,24,25);1H. The first kappa shape index (κ1) is 27.3. The van der Waals surface area contributed by atoms with Crippen molar-refractivity contribution in [3.05, 3.63) is 23.8 Å². The van der Waals surface area contributed by atoms with Gasteiger partial charge in [-0.05, 0) is 50.8 Å². The van der Waals surface area contributed by atoms with Crippen LogP contribution in [0, 0.1) is 0 Å². The van der Waals surface area contributed by atoms with Crippen LogP contribution >= 0.6 is 24.0 Å². The van der Waals surface area contributed by atoms with Crippen molar-refractivity contribution in [2.75, 3.05) is 39.9 Å². The first-order valence-electron chi connectivity index (χ1n) is 10.2. The number of carbonyl (C=O) groups is 1. The van der Waals surface area contributed by atoms with Gasteiger partial charge in [0.25, 0.3) is 0 Å². The van der Waals surface area contributed by atoms with Crippen LogP contribution in [0.3, 0.4) is 0 Å². The number of halogens is 1. The van der Waals surface area contributed by atoms with E-state index in [0.717, 1.165) is 49.8 Å². The van der Waals surface area contributed by atoms with Crippen LogP contribution in [0.2, 0.25) is 0 Å². The molecule has 0 saturated heterocycles. The molecule has 0 bridgehead atoms. The molecular weight excluding hydrogens is 483 g/mol. The van der Waals surface area contributed by atoms with E-state index in [9.17, 15) is 4.79 Å². The Balaban J connectivity index is 0.00000784. The second-order valence-corrected chi connectivity index (χ2v) is 6.31. The average Bonchev–Trinajstić information content (AvgIpc) is 2.70. The Labute approximate surface area is 192 Å². The van der Waals surface area contributed by atoms with Gasteiger partial charge in [-0.3, -0.25) is 9.79 Å². The molecule has 1 aromatic rings. The molecule has 0 aliphatic carbocycles. The van der Waals surface area contributed by atoms with Gasteiger partial charge in [-0.25, -0.2) is 0 Å². The molecule has 3 N–H and O–H groups in total. The Morgan fingerprint density at radius 2 is 1.86 bits per heavy atom. The molecular formula is C21H37IN4O3. The third-order valence-electron chi connectivity index (χ3n) is 3.98. The molecule has 0 fully saturated rings. The highest BCUT2D eigenvalue weighted by molar-refractivity contribution is 14.0. The Kier molecular flexibility index (Phi) is 16.2. The molecule has 0 radical (unpaired) electrons. The Morgan fingerprint density at radius 3 is 2.52 bits per heavy atom. The van der Waals surface area contributed by atoms with E-state index >= 15 is 0 Å². The number of carbonyl (C=O) groups excluding carboxylic acids is 1. The third-order valence-corrected chi connectivity index (χ3v) is 3.98. The van der Waals surface area contributed by atoms with Crippen LogP contribution in [0.5, 0.6) is 11.5 Å². The van der Waals surface area contributed by atoms with Gasteiger partial charge in [-0.1, -0.05) is 13.0 Å². The van der Waals surface area contributed by atoms with E-state index in [1.807, 2.05) is 32.9 Å². The summed E-state index contributed by atoms with van der Waals surface area (Å²) in [6.45, 7) is 9.41. The first-order chi connectivity index (χ1) is 13.6. The maximum Gasteiger partial charge on any atom is 0.221 e. The van der Waals surface area contributed by atoms with Crippen molar-refractivity contribution >= 4 is 35.8 Å². The molecule has 0 aromatic heterocycles. The molecule has 1 aromatic carbocycles. The van der Waals surface area contributed by atoms with Crippen LogP contribution in [0.15, 0.2) is 23.2 Å². The van der Waals surface area contributed by atoms with E-state index < -0.39 is 0 Å². The zero-order valence-corrected chi connectivity index (χ0v) is 20.5. The van der Waals surface area contributed by atoms with Crippen molar-refractivity contribution in [2.24, 2.45) is 4.99 Å². The van der Waals surface area contributed by atoms with Gasteiger partial charge in [-0.2, -0.15) is 0 Å². The molecule has 8 heteroatoms. The Hall–Kier alpha value is -1.71. The number of hydrogen-bond donors (Lipinski definition) is 3. The van der Waals surface area contributed by atoms with Crippen molar-refractivity contribution in [1.29, 1.82) is 0 Å². The highest BCUT2D eigenvalue weighted by atomic mass is 127. The van der Waals surface area contributed by atoms with Crippen LogP contribution in [0.25, 0.3) is 0 Å². The molecule has 0 atom stereocenters. The summed E-state index contributed by atoms with van der Waals surface area (Å²) < 4.78 is 10.9. The summed E-state index contributed by atoms with van der Waals surface area (Å²) in [4.78, 5) is 16.2. The number of benzene rings is 1. The lowest BCUT2D eigenvalue weighted by molar-refractivity contribution is -0.120. The summed E-state index contributed by atoms with van der Waals surface area (Å²) in [5, 5.41) is 9.29. The van der Waals surface area contributed by atoms with Crippen LogP contribution in [0.1, 0.15) is 45.6 Å². The lowest BCUT2D eigenvalue weighted by Crippen LogP contribution is -2.39. The van der Waals surface area contributed by atoms with E-state index in [4.69, 9.17) is 9.47 Å². The summed E-state index contributed by atoms with van der Waals surface area (Å²) in [6.07, 6.45) is 3.22. The molecule has 7 nitrogen and oxygen atoms in total. The van der Waals surface area contributed by atoms with Gasteiger partial charge in [0.1, 0.15) is 0 Å². The van der Waals surface area contributed by atoms with Crippen LogP contribution in [0.4, 0.5) is 0 Å². The third kappa shape index (κ3) is 11.8. The van der Waals surface area contributed by atoms with E-state index in [1.165, 1.54) is 5.56 Å². The Morgan fingerprint density at radius 1 is 1.07 bits per heavy atom. The summed E-state index contributed by atoms with van der Waals surface area (Å²) in [5.74, 6) is 2.35. The molecule has 0 heterocycles. The fourth-order valence-electron chi connectivity index (χ4n) is 2.61. The molecule has 29 heavy (non-hydrogen) atoms. The minimum Gasteiger partial charge on any atom is -0.493 e. The molecule has 0 saturated carbocycles. The van der Waals surface area contributed by atoms with Crippen molar-refractivity contribution < 1.29 is 14.3 Å². The van der Waals surface area contributed by atoms with Crippen LogP contribution in [-0.4, -0.2) is 51.8 Å². The van der Waals surface area contributed by atoms with Gasteiger partial charge in [0.05, 0.1) is 13.7 Å². The zero-order chi connectivity index (χ0) is 20.6. The molecule has 166 valence electrons. The summed E-state index contributed by atoms with van der Waals surface area (Å²) in [6, 6.07) is 6.03. The summed E-state index contributed by atoms with van der Waals surface area (Å²) >= 11 is 0. The lowest BCUT2D eigenvalue weighted by Gasteiger charge is -2.12. The van der Waals surface area contributed by atoms with Crippen molar-refractivity contribution in [1.82, 2.24) is 16.0 Å². The zero-order valence-electron chi connectivity index (χ0n) is 18.2. The molecule has 1 rings (SSSR count). The van der Waals surface area contributed by atoms with Gasteiger partial charge in [0.2, 0.25) is 5.91 Å². The number of rotatable bonds is 13. The number of guanidine groups is 1. The largest absolute Gasteiger partial charge is 0.493 e. The lowest BCUT2D eigenvalue weighted by atomic mass is 10.1. The number of methoxy groups -OCH3 is 1. The van der Waals surface area contributed by atoms with Crippen molar-refractivity contribution in [2.45, 2.75) is 46.5 Å². The maximum absolute atomic E-state index is 11.6. The van der Waals surface area contributed by atoms with E-state index in [1.54, 1.807) is 7.11 Å². The van der Waals surface area contributed by atoms with Crippen molar-refractivity contribution in [3.8, 4) is 11.5 Å². The highest BCUT2D eigenvalue weighted by Crippen LogP contribution is 2.28. The van der Waals surface area contributed by atoms with E-state index in [2.05, 4.69) is 27.0 Å². The number of nitrogens with one attached hydrogen (secondary N) is 3. The summed E-state index contributed by atoms with van der Waals surface area (Å²) in [7, 11) is 1.65. The minimum absolute atomic E-state index is 0. The number of aryl methyl sites for hydroxylation is 1. The quantitative estimate of drug-likeness (QED) is 0.161. The summed E-state index contributed by atoms with van der Waals surface area (Å²) in [5.41, 5.74) is 1.20. The number of aliphatic imine (C=N–C) groups is 1. The molecule has 0 spiro atoms. The van der Waals surface area contributed by atoms with Crippen LogP contribution in [-0.2, 0) is 11.2 Å². The number of amides is 1. The molecule has 0 aliphatic heterocycles. The Bertz CT molecular complexity index is 612. The van der Waals surface area contributed by atoms with Crippen LogP contribution < -0.4 is 25.4 Å². The fraction of sp³-hybridized carbons (Fsp3) is 0.619. The SMILES string of the molecule is CCCNC(=O)CCNC(=NCCCc1ccc(OC)c(OCC)c1)NCC.I. The van der Waals surface area contributed by atoms with Gasteiger partial charge >= 0.3 is 0 Å². The second kappa shape index (κ2) is 17.2. The second-order valence-electron chi connectivity index (χ2n) is 6.31. The normalized spacial score (nSPS) is 10.7. The smallest absolute Gasteiger partial charge is 0.221 e. The predicted molar refractivity (Wildman–Crippen MR) is 130 cm³/mol. The average molecular weight is 520 g/mol. The number of nitrogens with zero attached hydrogens (tertiary/aromatic N) is 1. The molecule has 0 aliphatic rings. The predicted octanol–water partition coefficient (Wildman–Crippen LogP) is 3.12. The van der Waals surface area contributed by atoms with Crippen molar-refractivity contribution in [3.63, 3.8) is 0 Å².